The molecule has 4 rings (SSSR count). The van der Waals surface area contributed by atoms with Crippen LogP contribution in [-0.2, 0) is 23.2 Å². The van der Waals surface area contributed by atoms with Crippen molar-refractivity contribution in [3.05, 3.63) is 93.5 Å². The summed E-state index contributed by atoms with van der Waals surface area (Å²) in [5.74, 6) is -2.02. The second kappa shape index (κ2) is 10.5. The minimum Gasteiger partial charge on any atom is -0.462 e. The lowest BCUT2D eigenvalue weighted by atomic mass is 10.1. The van der Waals surface area contributed by atoms with Gasteiger partial charge in [0.2, 0.25) is 0 Å². The number of esters is 1. The second-order valence-corrected chi connectivity index (χ2v) is 9.03. The van der Waals surface area contributed by atoms with Crippen molar-refractivity contribution >= 4 is 40.4 Å². The molecule has 0 aliphatic rings. The smallest absolute Gasteiger partial charge is 0.416 e. The van der Waals surface area contributed by atoms with Gasteiger partial charge in [-0.2, -0.15) is 13.2 Å². The highest BCUT2D eigenvalue weighted by Crippen LogP contribution is 2.33. The van der Waals surface area contributed by atoms with Gasteiger partial charge in [0, 0.05) is 11.3 Å². The summed E-state index contributed by atoms with van der Waals surface area (Å²) in [6, 6.07) is 11.4. The molecule has 0 fully saturated rings. The Morgan fingerprint density at radius 1 is 1.06 bits per heavy atom. The Balaban J connectivity index is 1.72. The highest BCUT2D eigenvalue weighted by molar-refractivity contribution is 7.98. The first-order valence-electron chi connectivity index (χ1n) is 10.7. The number of fused-ring (bicyclic) bond motifs is 1. The Hall–Kier alpha value is -3.11. The van der Waals surface area contributed by atoms with Gasteiger partial charge in [-0.1, -0.05) is 35.5 Å². The van der Waals surface area contributed by atoms with Crippen molar-refractivity contribution in [1.29, 1.82) is 0 Å². The average molecular weight is 541 g/mol. The summed E-state index contributed by atoms with van der Waals surface area (Å²) in [6.07, 6.45) is -4.46. The van der Waals surface area contributed by atoms with Crippen molar-refractivity contribution in [2.75, 3.05) is 6.61 Å². The van der Waals surface area contributed by atoms with Gasteiger partial charge in [0.05, 0.1) is 40.3 Å². The molecule has 0 spiro atoms. The van der Waals surface area contributed by atoms with E-state index in [1.807, 2.05) is 0 Å². The Labute approximate surface area is 212 Å². The molecule has 0 aliphatic carbocycles. The fourth-order valence-electron chi connectivity index (χ4n) is 3.53. The average Bonchev–Trinajstić information content (AvgIpc) is 3.18. The molecule has 0 saturated carbocycles. The molecule has 0 N–H and O–H groups in total. The van der Waals surface area contributed by atoms with Crippen LogP contribution in [0.2, 0.25) is 5.02 Å². The van der Waals surface area contributed by atoms with E-state index in [0.717, 1.165) is 36.0 Å². The molecule has 1 heterocycles. The standard InChI is InChI=1S/C25H18ClF5N2O2S/c1-2-35-23(34)15-5-10-21-20(11-15)32-24(36-13-17-18(27)8-9-19(28)22(17)26)33(21)12-14-3-6-16(7-4-14)25(29,30)31/h3-11H,2,12-13H2,1H3. The highest BCUT2D eigenvalue weighted by atomic mass is 35.5. The highest BCUT2D eigenvalue weighted by Gasteiger charge is 2.30. The third-order valence-electron chi connectivity index (χ3n) is 5.33. The van der Waals surface area contributed by atoms with Crippen molar-refractivity contribution < 1.29 is 31.5 Å². The van der Waals surface area contributed by atoms with Crippen LogP contribution in [-0.4, -0.2) is 22.1 Å². The lowest BCUT2D eigenvalue weighted by Crippen LogP contribution is -2.06. The van der Waals surface area contributed by atoms with Crippen molar-refractivity contribution in [3.8, 4) is 0 Å². The number of hydrogen-bond acceptors (Lipinski definition) is 4. The number of imidazole rings is 1. The van der Waals surface area contributed by atoms with E-state index in [4.69, 9.17) is 16.3 Å². The molecule has 0 saturated heterocycles. The maximum atomic E-state index is 14.3. The van der Waals surface area contributed by atoms with Gasteiger partial charge < -0.3 is 9.30 Å². The number of ether oxygens (including phenoxy) is 1. The van der Waals surface area contributed by atoms with Crippen LogP contribution < -0.4 is 0 Å². The fraction of sp³-hybridized carbons (Fsp3) is 0.200. The fourth-order valence-corrected chi connectivity index (χ4v) is 4.87. The van der Waals surface area contributed by atoms with Gasteiger partial charge in [0.1, 0.15) is 11.6 Å². The predicted molar refractivity (Wildman–Crippen MR) is 127 cm³/mol. The summed E-state index contributed by atoms with van der Waals surface area (Å²) in [4.78, 5) is 16.7. The van der Waals surface area contributed by atoms with Gasteiger partial charge in [-0.05, 0) is 55.0 Å². The van der Waals surface area contributed by atoms with Crippen LogP contribution in [0.4, 0.5) is 22.0 Å². The molecule has 11 heteroatoms. The van der Waals surface area contributed by atoms with Crippen LogP contribution in [0.1, 0.15) is 34.0 Å². The second-order valence-electron chi connectivity index (χ2n) is 7.71. The Morgan fingerprint density at radius 3 is 2.42 bits per heavy atom. The number of thioether (sulfide) groups is 1. The molecular weight excluding hydrogens is 523 g/mol. The molecule has 1 aromatic heterocycles. The zero-order valence-electron chi connectivity index (χ0n) is 18.7. The monoisotopic (exact) mass is 540 g/mol. The molecule has 36 heavy (non-hydrogen) atoms. The molecule has 0 radical (unpaired) electrons. The minimum atomic E-state index is -4.46. The SMILES string of the molecule is CCOC(=O)c1ccc2c(c1)nc(SCc1c(F)ccc(F)c1Cl)n2Cc1ccc(C(F)(F)F)cc1. The van der Waals surface area contributed by atoms with E-state index >= 15 is 0 Å². The number of carbonyl (C=O) groups excluding carboxylic acids is 1. The van der Waals surface area contributed by atoms with E-state index in [0.29, 0.717) is 21.8 Å². The van der Waals surface area contributed by atoms with Crippen molar-refractivity contribution in [1.82, 2.24) is 9.55 Å². The quantitative estimate of drug-likeness (QED) is 0.105. The maximum Gasteiger partial charge on any atom is 0.416 e. The van der Waals surface area contributed by atoms with Crippen molar-refractivity contribution in [2.24, 2.45) is 0 Å². The number of hydrogen-bond donors (Lipinski definition) is 0. The Bertz CT molecular complexity index is 1420. The minimum absolute atomic E-state index is 0.0398. The number of alkyl halides is 3. The Morgan fingerprint density at radius 2 is 1.75 bits per heavy atom. The molecule has 0 aliphatic heterocycles. The molecule has 188 valence electrons. The molecule has 0 atom stereocenters. The van der Waals surface area contributed by atoms with E-state index in [-0.39, 0.29) is 35.1 Å². The zero-order chi connectivity index (χ0) is 26.0. The van der Waals surface area contributed by atoms with E-state index in [2.05, 4.69) is 4.98 Å². The first-order valence-corrected chi connectivity index (χ1v) is 12.0. The van der Waals surface area contributed by atoms with Crippen molar-refractivity contribution in [3.63, 3.8) is 0 Å². The van der Waals surface area contributed by atoms with Crippen LogP contribution in [0, 0.1) is 11.6 Å². The van der Waals surface area contributed by atoms with Crippen LogP contribution in [0.3, 0.4) is 0 Å². The molecular formula is C25H18ClF5N2O2S. The van der Waals surface area contributed by atoms with E-state index in [1.165, 1.54) is 18.2 Å². The summed E-state index contributed by atoms with van der Waals surface area (Å²) in [5.41, 5.74) is 1.05. The number of benzene rings is 3. The molecule has 4 nitrogen and oxygen atoms in total. The van der Waals surface area contributed by atoms with Gasteiger partial charge in [-0.3, -0.25) is 0 Å². The maximum absolute atomic E-state index is 14.3. The van der Waals surface area contributed by atoms with E-state index in [1.54, 1.807) is 23.6 Å². The predicted octanol–water partition coefficient (Wildman–Crippen LogP) is 7.50. The summed E-state index contributed by atoms with van der Waals surface area (Å²) >= 11 is 7.03. The largest absolute Gasteiger partial charge is 0.462 e. The normalized spacial score (nSPS) is 11.8. The van der Waals surface area contributed by atoms with Gasteiger partial charge in [0.25, 0.3) is 0 Å². The number of carbonyl (C=O) groups is 1. The van der Waals surface area contributed by atoms with Crippen molar-refractivity contribution in [2.45, 2.75) is 30.6 Å². The zero-order valence-corrected chi connectivity index (χ0v) is 20.3. The van der Waals surface area contributed by atoms with Gasteiger partial charge in [0.15, 0.2) is 5.16 Å². The van der Waals surface area contributed by atoms with Crippen LogP contribution in [0.25, 0.3) is 11.0 Å². The number of rotatable bonds is 7. The lowest BCUT2D eigenvalue weighted by Gasteiger charge is -2.12. The van der Waals surface area contributed by atoms with Crippen LogP contribution in [0.15, 0.2) is 59.8 Å². The molecule has 0 bridgehead atoms. The van der Waals surface area contributed by atoms with Gasteiger partial charge in [-0.15, -0.1) is 0 Å². The Kier molecular flexibility index (Phi) is 7.56. The number of halogens is 6. The summed E-state index contributed by atoms with van der Waals surface area (Å²) in [5, 5.41) is 0.0446. The topological polar surface area (TPSA) is 44.1 Å². The lowest BCUT2D eigenvalue weighted by molar-refractivity contribution is -0.137. The van der Waals surface area contributed by atoms with Crippen LogP contribution in [0.5, 0.6) is 0 Å². The van der Waals surface area contributed by atoms with E-state index < -0.39 is 29.3 Å². The van der Waals surface area contributed by atoms with E-state index in [9.17, 15) is 26.7 Å². The summed E-state index contributed by atoms with van der Waals surface area (Å²) < 4.78 is 73.8. The first kappa shape index (κ1) is 26.0. The summed E-state index contributed by atoms with van der Waals surface area (Å²) in [6.45, 7) is 2.02. The third-order valence-corrected chi connectivity index (χ3v) is 6.74. The molecule has 0 unspecified atom stereocenters. The first-order chi connectivity index (χ1) is 17.1. The van der Waals surface area contributed by atoms with Crippen LogP contribution >= 0.6 is 23.4 Å². The number of aromatic nitrogens is 2. The van der Waals surface area contributed by atoms with Gasteiger partial charge in [-0.25, -0.2) is 18.6 Å². The molecule has 3 aromatic carbocycles. The van der Waals surface area contributed by atoms with Gasteiger partial charge >= 0.3 is 12.1 Å². The molecule has 4 aromatic rings. The summed E-state index contributed by atoms with van der Waals surface area (Å²) in [7, 11) is 0. The molecule has 0 amide bonds. The third kappa shape index (κ3) is 5.49. The number of nitrogens with zero attached hydrogens (tertiary/aromatic N) is 2.